The average Bonchev–Trinajstić information content (AvgIpc) is 2.61. The molecule has 0 spiro atoms. The molecule has 0 saturated carbocycles. The second kappa shape index (κ2) is 7.57. The van der Waals surface area contributed by atoms with Crippen LogP contribution >= 0.6 is 11.6 Å². The van der Waals surface area contributed by atoms with E-state index in [1.807, 2.05) is 30.3 Å². The lowest BCUT2D eigenvalue weighted by molar-refractivity contribution is 0.102. The molecule has 0 fully saturated rings. The van der Waals surface area contributed by atoms with Gasteiger partial charge in [-0.05, 0) is 35.9 Å². The number of rotatable bonds is 5. The first-order valence-electron chi connectivity index (χ1n) is 7.39. The van der Waals surface area contributed by atoms with Crippen LogP contribution in [0.15, 0.2) is 66.7 Å². The van der Waals surface area contributed by atoms with Gasteiger partial charge in [0.05, 0.1) is 0 Å². The van der Waals surface area contributed by atoms with Gasteiger partial charge in [0.15, 0.2) is 5.69 Å². The number of nitrogens with one attached hydrogen (secondary N) is 2. The van der Waals surface area contributed by atoms with Gasteiger partial charge in [-0.3, -0.25) is 4.79 Å². The van der Waals surface area contributed by atoms with E-state index < -0.39 is 0 Å². The van der Waals surface area contributed by atoms with Crippen LogP contribution in [-0.2, 0) is 6.54 Å². The number of amides is 1. The molecule has 3 rings (SSSR count). The number of halogens is 1. The number of benzene rings is 2. The lowest BCUT2D eigenvalue weighted by Crippen LogP contribution is -2.14. The molecule has 0 saturated heterocycles. The van der Waals surface area contributed by atoms with Crippen LogP contribution in [0.25, 0.3) is 0 Å². The van der Waals surface area contributed by atoms with Gasteiger partial charge in [-0.1, -0.05) is 48.0 Å². The molecular formula is C18H15ClN4O. The molecular weight excluding hydrogens is 324 g/mol. The predicted octanol–water partition coefficient (Wildman–Crippen LogP) is 3.99. The zero-order valence-corrected chi connectivity index (χ0v) is 13.5. The van der Waals surface area contributed by atoms with E-state index in [4.69, 9.17) is 11.6 Å². The Morgan fingerprint density at radius 3 is 2.50 bits per heavy atom. The number of carbonyl (C=O) groups excluding carboxylic acids is 1. The van der Waals surface area contributed by atoms with Crippen LogP contribution in [0.3, 0.4) is 0 Å². The maximum Gasteiger partial charge on any atom is 0.276 e. The van der Waals surface area contributed by atoms with Gasteiger partial charge in [-0.25, -0.2) is 0 Å². The summed E-state index contributed by atoms with van der Waals surface area (Å²) in [5.41, 5.74) is 1.99. The number of nitrogens with zero attached hydrogens (tertiary/aromatic N) is 2. The van der Waals surface area contributed by atoms with Gasteiger partial charge >= 0.3 is 0 Å². The number of carbonyl (C=O) groups is 1. The summed E-state index contributed by atoms with van der Waals surface area (Å²) >= 11 is 5.89. The molecule has 0 aliphatic rings. The van der Waals surface area contributed by atoms with Crippen LogP contribution < -0.4 is 10.6 Å². The minimum absolute atomic E-state index is 0.236. The van der Waals surface area contributed by atoms with Crippen LogP contribution in [0.4, 0.5) is 11.5 Å². The molecule has 3 aromatic rings. The zero-order chi connectivity index (χ0) is 16.8. The fourth-order valence-electron chi connectivity index (χ4n) is 2.10. The molecule has 0 radical (unpaired) electrons. The number of aromatic nitrogens is 2. The highest BCUT2D eigenvalue weighted by Gasteiger charge is 2.09. The van der Waals surface area contributed by atoms with E-state index in [2.05, 4.69) is 20.8 Å². The largest absolute Gasteiger partial charge is 0.365 e. The van der Waals surface area contributed by atoms with Gasteiger partial charge in [0.25, 0.3) is 5.91 Å². The molecule has 120 valence electrons. The predicted molar refractivity (Wildman–Crippen MR) is 95.2 cm³/mol. The van der Waals surface area contributed by atoms with Crippen molar-refractivity contribution in [1.29, 1.82) is 0 Å². The third-order valence-electron chi connectivity index (χ3n) is 3.30. The summed E-state index contributed by atoms with van der Waals surface area (Å²) in [4.78, 5) is 12.1. The third-order valence-corrected chi connectivity index (χ3v) is 3.53. The smallest absolute Gasteiger partial charge is 0.276 e. The third kappa shape index (κ3) is 4.30. The molecule has 0 bridgehead atoms. The van der Waals surface area contributed by atoms with E-state index in [1.165, 1.54) is 0 Å². The first-order chi connectivity index (χ1) is 11.7. The molecule has 1 heterocycles. The molecule has 0 unspecified atom stereocenters. The quantitative estimate of drug-likeness (QED) is 0.738. The number of hydrogen-bond donors (Lipinski definition) is 2. The summed E-state index contributed by atoms with van der Waals surface area (Å²) < 4.78 is 0. The number of anilines is 2. The molecule has 0 aliphatic heterocycles. The van der Waals surface area contributed by atoms with Gasteiger partial charge in [0.2, 0.25) is 0 Å². The van der Waals surface area contributed by atoms with Crippen LogP contribution in [-0.4, -0.2) is 16.1 Å². The van der Waals surface area contributed by atoms with Crippen LogP contribution in [0.1, 0.15) is 16.1 Å². The Kier molecular flexibility index (Phi) is 5.03. The Morgan fingerprint density at radius 1 is 0.958 bits per heavy atom. The summed E-state index contributed by atoms with van der Waals surface area (Å²) in [6, 6.07) is 20.2. The highest BCUT2D eigenvalue weighted by molar-refractivity contribution is 6.30. The van der Waals surface area contributed by atoms with Gasteiger partial charge in [0, 0.05) is 17.3 Å². The van der Waals surface area contributed by atoms with Crippen LogP contribution in [0, 0.1) is 0 Å². The van der Waals surface area contributed by atoms with Gasteiger partial charge in [0.1, 0.15) is 5.82 Å². The summed E-state index contributed by atoms with van der Waals surface area (Å²) in [5, 5.41) is 14.4. The Bertz CT molecular complexity index is 822. The van der Waals surface area contributed by atoms with E-state index in [0.29, 0.717) is 23.1 Å². The maximum absolute atomic E-state index is 12.1. The molecule has 1 amide bonds. The normalized spacial score (nSPS) is 10.2. The first kappa shape index (κ1) is 16.0. The van der Waals surface area contributed by atoms with Crippen molar-refractivity contribution in [3.8, 4) is 0 Å². The lowest BCUT2D eigenvalue weighted by atomic mass is 10.2. The van der Waals surface area contributed by atoms with Crippen molar-refractivity contribution in [2.45, 2.75) is 6.54 Å². The summed E-state index contributed by atoms with van der Waals surface area (Å²) in [5.74, 6) is 0.275. The fourth-order valence-corrected chi connectivity index (χ4v) is 2.29. The Labute approximate surface area is 144 Å². The Balaban J connectivity index is 1.60. The lowest BCUT2D eigenvalue weighted by Gasteiger charge is -2.07. The van der Waals surface area contributed by atoms with Crippen molar-refractivity contribution in [2.24, 2.45) is 0 Å². The van der Waals surface area contributed by atoms with Crippen molar-refractivity contribution in [3.63, 3.8) is 0 Å². The molecule has 2 aromatic carbocycles. The van der Waals surface area contributed by atoms with E-state index in [-0.39, 0.29) is 11.6 Å². The summed E-state index contributed by atoms with van der Waals surface area (Å²) in [6.45, 7) is 0.642. The summed E-state index contributed by atoms with van der Waals surface area (Å²) in [6.07, 6.45) is 0. The topological polar surface area (TPSA) is 66.9 Å². The van der Waals surface area contributed by atoms with Gasteiger partial charge in [-0.2, -0.15) is 0 Å². The van der Waals surface area contributed by atoms with Gasteiger partial charge in [-0.15, -0.1) is 10.2 Å². The maximum atomic E-state index is 12.1. The molecule has 0 atom stereocenters. The fraction of sp³-hybridized carbons (Fsp3) is 0.0556. The molecule has 1 aromatic heterocycles. The van der Waals surface area contributed by atoms with Crippen LogP contribution in [0.2, 0.25) is 5.02 Å². The monoisotopic (exact) mass is 338 g/mol. The Morgan fingerprint density at radius 2 is 1.79 bits per heavy atom. The standard InChI is InChI=1S/C18H15ClN4O/c19-14-7-4-8-15(11-14)21-18(24)16-9-10-17(23-22-16)20-12-13-5-2-1-3-6-13/h1-11H,12H2,(H,20,23)(H,21,24). The van der Waals surface area contributed by atoms with Gasteiger partial charge < -0.3 is 10.6 Å². The number of hydrogen-bond acceptors (Lipinski definition) is 4. The van der Waals surface area contributed by atoms with Crippen LogP contribution in [0.5, 0.6) is 0 Å². The zero-order valence-electron chi connectivity index (χ0n) is 12.7. The van der Waals surface area contributed by atoms with Crippen molar-refractivity contribution in [3.05, 3.63) is 83.0 Å². The minimum atomic E-state index is -0.334. The molecule has 5 nitrogen and oxygen atoms in total. The van der Waals surface area contributed by atoms with E-state index in [1.54, 1.807) is 36.4 Å². The highest BCUT2D eigenvalue weighted by atomic mass is 35.5. The SMILES string of the molecule is O=C(Nc1cccc(Cl)c1)c1ccc(NCc2ccccc2)nn1. The molecule has 6 heteroatoms. The van der Waals surface area contributed by atoms with Crippen molar-refractivity contribution >= 4 is 29.0 Å². The highest BCUT2D eigenvalue weighted by Crippen LogP contribution is 2.15. The second-order valence-corrected chi connectivity index (χ2v) is 5.54. The molecule has 24 heavy (non-hydrogen) atoms. The van der Waals surface area contributed by atoms with Crippen molar-refractivity contribution in [2.75, 3.05) is 10.6 Å². The summed E-state index contributed by atoms with van der Waals surface area (Å²) in [7, 11) is 0. The van der Waals surface area contributed by atoms with E-state index in [0.717, 1.165) is 5.56 Å². The average molecular weight is 339 g/mol. The Hall–Kier alpha value is -2.92. The minimum Gasteiger partial charge on any atom is -0.365 e. The molecule has 2 N–H and O–H groups in total. The first-order valence-corrected chi connectivity index (χ1v) is 7.77. The van der Waals surface area contributed by atoms with E-state index in [9.17, 15) is 4.79 Å². The van der Waals surface area contributed by atoms with Crippen molar-refractivity contribution in [1.82, 2.24) is 10.2 Å². The van der Waals surface area contributed by atoms with E-state index >= 15 is 0 Å². The molecule has 0 aliphatic carbocycles. The second-order valence-electron chi connectivity index (χ2n) is 5.11. The van der Waals surface area contributed by atoms with Crippen molar-refractivity contribution < 1.29 is 4.79 Å².